The second-order valence-corrected chi connectivity index (χ2v) is 10.1. The minimum Gasteiger partial charge on any atom is -0.495 e. The van der Waals surface area contributed by atoms with Crippen LogP contribution in [0.5, 0.6) is 5.75 Å². The van der Waals surface area contributed by atoms with Gasteiger partial charge in [0.25, 0.3) is 5.91 Å². The Bertz CT molecular complexity index is 1370. The van der Waals surface area contributed by atoms with Crippen LogP contribution >= 0.6 is 7.60 Å². The van der Waals surface area contributed by atoms with Gasteiger partial charge in [-0.05, 0) is 43.7 Å². The van der Waals surface area contributed by atoms with Gasteiger partial charge in [0.05, 0.1) is 50.5 Å². The lowest BCUT2D eigenvalue weighted by molar-refractivity contribution is -0.137. The van der Waals surface area contributed by atoms with Gasteiger partial charge in [0, 0.05) is 6.20 Å². The van der Waals surface area contributed by atoms with Crippen molar-refractivity contribution in [2.75, 3.05) is 38.1 Å². The predicted molar refractivity (Wildman–Crippen MR) is 142 cm³/mol. The highest BCUT2D eigenvalue weighted by atomic mass is 31.2. The zero-order valence-electron chi connectivity index (χ0n) is 22.2. The van der Waals surface area contributed by atoms with E-state index in [0.717, 1.165) is 0 Å². The molecular formula is C25H29F3N5O6P. The number of carbonyl (C=O) groups is 1. The number of para-hydroxylation sites is 1. The number of nitrogens with one attached hydrogen (secondary N) is 3. The van der Waals surface area contributed by atoms with Crippen molar-refractivity contribution < 1.29 is 41.2 Å². The van der Waals surface area contributed by atoms with E-state index in [-0.39, 0.29) is 42.3 Å². The molecular weight excluding hydrogens is 554 g/mol. The van der Waals surface area contributed by atoms with Crippen molar-refractivity contribution in [2.45, 2.75) is 26.2 Å². The van der Waals surface area contributed by atoms with Gasteiger partial charge in [0.15, 0.2) is 0 Å². The zero-order chi connectivity index (χ0) is 29.3. The second-order valence-electron chi connectivity index (χ2n) is 8.02. The fourth-order valence-corrected chi connectivity index (χ4v) is 5.30. The molecule has 2 aromatic carbocycles. The van der Waals surface area contributed by atoms with Gasteiger partial charge in [-0.2, -0.15) is 18.2 Å². The van der Waals surface area contributed by atoms with Crippen molar-refractivity contribution in [2.24, 2.45) is 0 Å². The van der Waals surface area contributed by atoms with Gasteiger partial charge in [-0.15, -0.1) is 0 Å². The molecule has 0 radical (unpaired) electrons. The second kappa shape index (κ2) is 13.6. The zero-order valence-corrected chi connectivity index (χ0v) is 23.1. The molecule has 15 heteroatoms. The summed E-state index contributed by atoms with van der Waals surface area (Å²) in [5.41, 5.74) is 1.99. The van der Waals surface area contributed by atoms with Crippen LogP contribution in [0.1, 0.15) is 35.3 Å². The third kappa shape index (κ3) is 7.92. The van der Waals surface area contributed by atoms with E-state index in [1.807, 2.05) is 0 Å². The average Bonchev–Trinajstić information content (AvgIpc) is 2.89. The molecule has 0 atom stereocenters. The molecule has 0 unspecified atom stereocenters. The summed E-state index contributed by atoms with van der Waals surface area (Å²) in [7, 11) is -0.750. The van der Waals surface area contributed by atoms with E-state index in [4.69, 9.17) is 13.8 Å². The van der Waals surface area contributed by atoms with E-state index in [2.05, 4.69) is 30.9 Å². The normalized spacial score (nSPS) is 11.7. The number of alkyl halides is 3. The average molecular weight is 584 g/mol. The van der Waals surface area contributed by atoms with Gasteiger partial charge in [-0.3, -0.25) is 14.2 Å². The van der Waals surface area contributed by atoms with Crippen molar-refractivity contribution in [1.29, 1.82) is 0 Å². The Hall–Kier alpha value is -3.71. The first-order valence-electron chi connectivity index (χ1n) is 12.0. The minimum atomic E-state index is -4.79. The maximum absolute atomic E-state index is 13.8. The Labute approximate surface area is 228 Å². The molecule has 0 aliphatic carbocycles. The molecule has 0 bridgehead atoms. The molecule has 1 heterocycles. The summed E-state index contributed by atoms with van der Waals surface area (Å²) >= 11 is 0. The molecule has 216 valence electrons. The molecule has 0 saturated carbocycles. The lowest BCUT2D eigenvalue weighted by Gasteiger charge is -2.19. The van der Waals surface area contributed by atoms with E-state index in [9.17, 15) is 22.5 Å². The number of methoxy groups -OCH3 is 1. The first kappa shape index (κ1) is 30.8. The largest absolute Gasteiger partial charge is 0.495 e. The number of anilines is 4. The lowest BCUT2D eigenvalue weighted by Crippen LogP contribution is -2.23. The molecule has 11 nitrogen and oxygen atoms in total. The third-order valence-corrected chi connectivity index (χ3v) is 7.31. The number of benzene rings is 2. The van der Waals surface area contributed by atoms with Gasteiger partial charge in [0.2, 0.25) is 5.95 Å². The van der Waals surface area contributed by atoms with Crippen LogP contribution in [0.3, 0.4) is 0 Å². The van der Waals surface area contributed by atoms with Crippen molar-refractivity contribution >= 4 is 36.6 Å². The highest BCUT2D eigenvalue weighted by molar-refractivity contribution is 7.53. The molecule has 1 amide bonds. The fraction of sp³-hybridized carbons (Fsp3) is 0.320. The summed E-state index contributed by atoms with van der Waals surface area (Å²) < 4.78 is 70.4. The molecule has 3 rings (SSSR count). The minimum absolute atomic E-state index is 0.00771. The molecule has 3 N–H and O–H groups in total. The van der Waals surface area contributed by atoms with Crippen LogP contribution in [-0.2, 0) is 30.8 Å². The van der Waals surface area contributed by atoms with Crippen LogP contribution in [0, 0.1) is 0 Å². The summed E-state index contributed by atoms with van der Waals surface area (Å²) in [4.78, 5) is 24.8. The van der Waals surface area contributed by atoms with Crippen LogP contribution in [0.25, 0.3) is 0 Å². The van der Waals surface area contributed by atoms with Gasteiger partial charge in [0.1, 0.15) is 17.1 Å². The lowest BCUT2D eigenvalue weighted by atomic mass is 10.1. The van der Waals surface area contributed by atoms with Crippen LogP contribution in [0.15, 0.2) is 48.7 Å². The molecule has 0 fully saturated rings. The summed E-state index contributed by atoms with van der Waals surface area (Å²) in [6.07, 6.45) is -4.18. The Morgan fingerprint density at radius 2 is 1.70 bits per heavy atom. The first-order chi connectivity index (χ1) is 19.0. The topological polar surface area (TPSA) is 133 Å². The first-order valence-corrected chi connectivity index (χ1v) is 13.7. The van der Waals surface area contributed by atoms with Crippen molar-refractivity contribution in [3.05, 3.63) is 65.4 Å². The van der Waals surface area contributed by atoms with Crippen LogP contribution in [-0.4, -0.2) is 43.3 Å². The van der Waals surface area contributed by atoms with Gasteiger partial charge < -0.3 is 24.4 Å². The molecule has 3 aromatic rings. The number of amides is 1. The SMILES string of the molecule is CCOP(=O)(Cc1ccc(Nc2ncc(C(F)(F)F)c(Nc3ccccc3C(=O)NOC)n2)c(OC)c1)OCC. The number of hydroxylamine groups is 1. The van der Waals surface area contributed by atoms with Crippen molar-refractivity contribution in [3.8, 4) is 5.75 Å². The Morgan fingerprint density at radius 1 is 1.00 bits per heavy atom. The van der Waals surface area contributed by atoms with Crippen LogP contribution in [0.4, 0.5) is 36.3 Å². The molecule has 0 aliphatic rings. The van der Waals surface area contributed by atoms with Gasteiger partial charge in [-0.25, -0.2) is 10.5 Å². The van der Waals surface area contributed by atoms with Crippen molar-refractivity contribution in [1.82, 2.24) is 15.4 Å². The molecule has 0 aliphatic heterocycles. The molecule has 0 saturated heterocycles. The van der Waals surface area contributed by atoms with E-state index >= 15 is 0 Å². The number of ether oxygens (including phenoxy) is 1. The highest BCUT2D eigenvalue weighted by Gasteiger charge is 2.36. The van der Waals surface area contributed by atoms with Gasteiger partial charge >= 0.3 is 13.8 Å². The summed E-state index contributed by atoms with van der Waals surface area (Å²) in [6.45, 7) is 3.83. The van der Waals surface area contributed by atoms with E-state index < -0.39 is 31.1 Å². The summed E-state index contributed by atoms with van der Waals surface area (Å²) in [5, 5.41) is 5.42. The van der Waals surface area contributed by atoms with E-state index in [0.29, 0.717) is 17.4 Å². The fourth-order valence-electron chi connectivity index (χ4n) is 3.61. The quantitative estimate of drug-likeness (QED) is 0.161. The van der Waals surface area contributed by atoms with E-state index in [1.54, 1.807) is 44.2 Å². The molecule has 1 aromatic heterocycles. The number of halogens is 3. The monoisotopic (exact) mass is 583 g/mol. The Balaban J connectivity index is 1.94. The van der Waals surface area contributed by atoms with Gasteiger partial charge in [-0.1, -0.05) is 18.2 Å². The standard InChI is InChI=1S/C25H29F3N5O6P/c1-5-38-40(35,39-6-2)15-16-11-12-20(21(13-16)36-3)31-24-29-14-18(25(26,27)28)22(32-24)30-19-10-8-7-9-17(19)23(34)33-37-4/h7-14H,5-6,15H2,1-4H3,(H,33,34)(H2,29,30,31,32). The summed E-state index contributed by atoms with van der Waals surface area (Å²) in [6, 6.07) is 10.7. The molecule has 0 spiro atoms. The number of hydrogen-bond donors (Lipinski definition) is 3. The predicted octanol–water partition coefficient (Wildman–Crippen LogP) is 6.05. The maximum Gasteiger partial charge on any atom is 0.421 e. The van der Waals surface area contributed by atoms with Crippen LogP contribution < -0.4 is 20.9 Å². The Kier molecular flexibility index (Phi) is 10.5. The third-order valence-electron chi connectivity index (χ3n) is 5.25. The Morgan fingerprint density at radius 3 is 2.33 bits per heavy atom. The number of carbonyl (C=O) groups excluding carboxylic acids is 1. The number of rotatable bonds is 13. The molecule has 40 heavy (non-hydrogen) atoms. The highest BCUT2D eigenvalue weighted by Crippen LogP contribution is 2.51. The smallest absolute Gasteiger partial charge is 0.421 e. The number of nitrogens with zero attached hydrogens (tertiary/aromatic N) is 2. The maximum atomic E-state index is 13.8. The number of hydrogen-bond acceptors (Lipinski definition) is 10. The summed E-state index contributed by atoms with van der Waals surface area (Å²) in [5.74, 6) is -1.16. The van der Waals surface area contributed by atoms with Crippen LogP contribution in [0.2, 0.25) is 0 Å². The van der Waals surface area contributed by atoms with Crippen molar-refractivity contribution in [3.63, 3.8) is 0 Å². The number of aromatic nitrogens is 2. The van der Waals surface area contributed by atoms with E-state index in [1.165, 1.54) is 26.4 Å².